The van der Waals surface area contributed by atoms with Gasteiger partial charge in [-0.05, 0) is 53.6 Å². The van der Waals surface area contributed by atoms with Gasteiger partial charge in [-0.3, -0.25) is 0 Å². The Bertz CT molecular complexity index is 2440. The standard InChI is InChI=1S/C42H27N3S/c1-4-12-28(13-5-1)29-20-23-33(24-21-29)45-38-19-11-10-18-34(38)41-40(45)35-26-32(22-25-39(35)46-41)42-43-36(30-14-6-2-7-15-30)27-37(44-42)31-16-8-3-9-17-31/h1-27H. The Hall–Kier alpha value is -5.84. The lowest BCUT2D eigenvalue weighted by Crippen LogP contribution is -1.96. The lowest BCUT2D eigenvalue weighted by Gasteiger charge is -2.11. The summed E-state index contributed by atoms with van der Waals surface area (Å²) in [6.07, 6.45) is 0. The average molecular weight is 606 g/mol. The fourth-order valence-electron chi connectivity index (χ4n) is 6.40. The maximum atomic E-state index is 5.12. The highest BCUT2D eigenvalue weighted by Gasteiger charge is 2.19. The van der Waals surface area contributed by atoms with Gasteiger partial charge in [-0.1, -0.05) is 121 Å². The minimum absolute atomic E-state index is 0.719. The predicted molar refractivity (Wildman–Crippen MR) is 193 cm³/mol. The van der Waals surface area contributed by atoms with Crippen LogP contribution in [0, 0.1) is 0 Å². The van der Waals surface area contributed by atoms with E-state index in [0.717, 1.165) is 39.6 Å². The lowest BCUT2D eigenvalue weighted by atomic mass is 10.1. The van der Waals surface area contributed by atoms with Gasteiger partial charge in [-0.25, -0.2) is 9.97 Å². The first-order valence-corrected chi connectivity index (χ1v) is 16.2. The Morgan fingerprint density at radius 3 is 1.63 bits per heavy atom. The largest absolute Gasteiger partial charge is 0.308 e. The molecule has 0 radical (unpaired) electrons. The van der Waals surface area contributed by atoms with Crippen LogP contribution in [0.25, 0.3) is 81.9 Å². The van der Waals surface area contributed by atoms with Gasteiger partial charge in [0.15, 0.2) is 5.82 Å². The van der Waals surface area contributed by atoms with Crippen LogP contribution in [0.4, 0.5) is 0 Å². The van der Waals surface area contributed by atoms with Gasteiger partial charge >= 0.3 is 0 Å². The Kier molecular flexibility index (Phi) is 6.32. The molecule has 4 heteroatoms. The summed E-state index contributed by atoms with van der Waals surface area (Å²) in [4.78, 5) is 10.2. The van der Waals surface area contributed by atoms with Gasteiger partial charge in [0.1, 0.15) is 0 Å². The number of fused-ring (bicyclic) bond motifs is 5. The van der Waals surface area contributed by atoms with Crippen molar-refractivity contribution in [3.05, 3.63) is 164 Å². The smallest absolute Gasteiger partial charge is 0.160 e. The van der Waals surface area contributed by atoms with Gasteiger partial charge in [-0.2, -0.15) is 0 Å². The highest BCUT2D eigenvalue weighted by molar-refractivity contribution is 7.26. The number of benzene rings is 6. The molecule has 0 atom stereocenters. The van der Waals surface area contributed by atoms with Crippen molar-refractivity contribution in [2.45, 2.75) is 0 Å². The van der Waals surface area contributed by atoms with Crippen LogP contribution >= 0.6 is 11.3 Å². The third-order valence-electron chi connectivity index (χ3n) is 8.63. The minimum atomic E-state index is 0.719. The molecule has 0 spiro atoms. The monoisotopic (exact) mass is 605 g/mol. The Morgan fingerprint density at radius 1 is 0.435 bits per heavy atom. The second-order valence-corrected chi connectivity index (χ2v) is 12.5. The van der Waals surface area contributed by atoms with E-state index >= 15 is 0 Å². The maximum absolute atomic E-state index is 5.12. The van der Waals surface area contributed by atoms with E-state index in [1.165, 1.54) is 42.3 Å². The SMILES string of the molecule is c1ccc(-c2ccc(-n3c4ccccc4c4sc5ccc(-c6nc(-c7ccccc7)cc(-c7ccccc7)n6)cc5c43)cc2)cc1. The van der Waals surface area contributed by atoms with Gasteiger partial charge < -0.3 is 4.57 Å². The molecule has 0 aliphatic carbocycles. The Labute approximate surface area is 270 Å². The summed E-state index contributed by atoms with van der Waals surface area (Å²) in [5.74, 6) is 0.719. The van der Waals surface area contributed by atoms with Crippen molar-refractivity contribution in [1.82, 2.24) is 14.5 Å². The molecule has 3 heterocycles. The Balaban J connectivity index is 1.25. The summed E-state index contributed by atoms with van der Waals surface area (Å²) in [5.41, 5.74) is 11.0. The number of rotatable bonds is 5. The van der Waals surface area contributed by atoms with Crippen molar-refractivity contribution in [2.24, 2.45) is 0 Å². The summed E-state index contributed by atoms with van der Waals surface area (Å²) in [5, 5.41) is 2.47. The number of hydrogen-bond acceptors (Lipinski definition) is 3. The summed E-state index contributed by atoms with van der Waals surface area (Å²) < 4.78 is 4.95. The number of para-hydroxylation sites is 1. The highest BCUT2D eigenvalue weighted by atomic mass is 32.1. The van der Waals surface area contributed by atoms with Gasteiger partial charge in [0.05, 0.1) is 27.1 Å². The summed E-state index contributed by atoms with van der Waals surface area (Å²) in [6.45, 7) is 0. The van der Waals surface area contributed by atoms with Crippen molar-refractivity contribution in [3.63, 3.8) is 0 Å². The van der Waals surface area contributed by atoms with E-state index in [1.54, 1.807) is 0 Å². The fraction of sp³-hybridized carbons (Fsp3) is 0. The van der Waals surface area contributed by atoms with Crippen LogP contribution in [0.15, 0.2) is 164 Å². The van der Waals surface area contributed by atoms with Crippen LogP contribution < -0.4 is 0 Å². The number of hydrogen-bond donors (Lipinski definition) is 0. The molecule has 0 fully saturated rings. The van der Waals surface area contributed by atoms with Crippen LogP contribution in [0.3, 0.4) is 0 Å². The van der Waals surface area contributed by atoms with Gasteiger partial charge in [0.25, 0.3) is 0 Å². The Morgan fingerprint density at radius 2 is 0.978 bits per heavy atom. The van der Waals surface area contributed by atoms with Gasteiger partial charge in [0.2, 0.25) is 0 Å². The van der Waals surface area contributed by atoms with Crippen molar-refractivity contribution in [3.8, 4) is 50.7 Å². The second-order valence-electron chi connectivity index (χ2n) is 11.5. The van der Waals surface area contributed by atoms with E-state index in [1.807, 2.05) is 23.5 Å². The molecule has 0 aliphatic heterocycles. The lowest BCUT2D eigenvalue weighted by molar-refractivity contribution is 1.18. The third-order valence-corrected chi connectivity index (χ3v) is 9.82. The quantitative estimate of drug-likeness (QED) is 0.195. The highest BCUT2D eigenvalue weighted by Crippen LogP contribution is 2.43. The van der Waals surface area contributed by atoms with Crippen molar-refractivity contribution >= 4 is 42.5 Å². The summed E-state index contributed by atoms with van der Waals surface area (Å²) in [7, 11) is 0. The van der Waals surface area contributed by atoms with Crippen LogP contribution in [0.1, 0.15) is 0 Å². The maximum Gasteiger partial charge on any atom is 0.160 e. The molecular weight excluding hydrogens is 579 g/mol. The third kappa shape index (κ3) is 4.50. The second kappa shape index (κ2) is 11.0. The van der Waals surface area contributed by atoms with Crippen molar-refractivity contribution in [2.75, 3.05) is 0 Å². The molecule has 0 aliphatic rings. The van der Waals surface area contributed by atoms with E-state index in [-0.39, 0.29) is 0 Å². The van der Waals surface area contributed by atoms with Crippen LogP contribution in [0.5, 0.6) is 0 Å². The van der Waals surface area contributed by atoms with Crippen LogP contribution in [-0.2, 0) is 0 Å². The van der Waals surface area contributed by atoms with Crippen LogP contribution in [-0.4, -0.2) is 14.5 Å². The van der Waals surface area contributed by atoms with Gasteiger partial charge in [0, 0.05) is 37.9 Å². The van der Waals surface area contributed by atoms with E-state index in [9.17, 15) is 0 Å². The first-order chi connectivity index (χ1) is 22.8. The van der Waals surface area contributed by atoms with E-state index in [0.29, 0.717) is 0 Å². The molecule has 0 unspecified atom stereocenters. The molecule has 3 aromatic heterocycles. The van der Waals surface area contributed by atoms with E-state index in [2.05, 4.69) is 156 Å². The molecule has 9 rings (SSSR count). The molecule has 9 aromatic rings. The molecule has 0 amide bonds. The predicted octanol–water partition coefficient (Wildman–Crippen LogP) is 11.5. The zero-order valence-electron chi connectivity index (χ0n) is 24.8. The van der Waals surface area contributed by atoms with E-state index < -0.39 is 0 Å². The van der Waals surface area contributed by atoms with E-state index in [4.69, 9.17) is 9.97 Å². The normalized spacial score (nSPS) is 11.5. The summed E-state index contributed by atoms with van der Waals surface area (Å²) >= 11 is 1.85. The minimum Gasteiger partial charge on any atom is -0.308 e. The van der Waals surface area contributed by atoms with Crippen molar-refractivity contribution in [1.29, 1.82) is 0 Å². The zero-order valence-corrected chi connectivity index (χ0v) is 25.7. The first kappa shape index (κ1) is 26.6. The topological polar surface area (TPSA) is 30.7 Å². The van der Waals surface area contributed by atoms with Crippen molar-refractivity contribution < 1.29 is 0 Å². The molecule has 0 N–H and O–H groups in total. The molecule has 3 nitrogen and oxygen atoms in total. The van der Waals surface area contributed by atoms with Gasteiger partial charge in [-0.15, -0.1) is 11.3 Å². The number of nitrogens with zero attached hydrogens (tertiary/aromatic N) is 3. The molecule has 0 saturated carbocycles. The molecule has 46 heavy (non-hydrogen) atoms. The average Bonchev–Trinajstić information content (AvgIpc) is 3.67. The fourth-order valence-corrected chi connectivity index (χ4v) is 7.60. The number of thiophene rings is 1. The summed E-state index contributed by atoms with van der Waals surface area (Å²) in [6, 6.07) is 57.7. The zero-order chi connectivity index (χ0) is 30.5. The molecular formula is C42H27N3S. The van der Waals surface area contributed by atoms with Crippen LogP contribution in [0.2, 0.25) is 0 Å². The molecule has 0 bridgehead atoms. The molecule has 216 valence electrons. The molecule has 0 saturated heterocycles. The first-order valence-electron chi connectivity index (χ1n) is 15.4. The molecule has 6 aromatic carbocycles. The number of aromatic nitrogens is 3.